The fraction of sp³-hybridized carbons (Fsp3) is 0.182. The van der Waals surface area contributed by atoms with Crippen molar-refractivity contribution in [1.29, 1.82) is 0 Å². The van der Waals surface area contributed by atoms with E-state index in [1.165, 1.54) is 18.2 Å². The molecule has 0 radical (unpaired) electrons. The topological polar surface area (TPSA) is 37.3 Å². The zero-order chi connectivity index (χ0) is 11.3. The van der Waals surface area contributed by atoms with E-state index in [1.807, 2.05) is 0 Å². The number of benzene rings is 1. The molecule has 0 aliphatic carbocycles. The molecule has 0 bridgehead atoms. The van der Waals surface area contributed by atoms with Crippen molar-refractivity contribution in [3.63, 3.8) is 0 Å². The summed E-state index contributed by atoms with van der Waals surface area (Å²) in [5.74, 6) is -1.28. The van der Waals surface area contributed by atoms with Crippen LogP contribution in [0.4, 0.5) is 4.39 Å². The van der Waals surface area contributed by atoms with E-state index in [1.54, 1.807) is 12.2 Å². The largest absolute Gasteiger partial charge is 0.481 e. The molecular formula is C11H10BrFO2. The lowest BCUT2D eigenvalue weighted by atomic mass is 10.0. The highest BCUT2D eigenvalue weighted by Gasteiger charge is 2.05. The number of carboxylic acid groups (broad SMARTS) is 1. The van der Waals surface area contributed by atoms with Gasteiger partial charge < -0.3 is 5.11 Å². The third kappa shape index (κ3) is 3.83. The van der Waals surface area contributed by atoms with Crippen LogP contribution in [-0.2, 0) is 11.2 Å². The quantitative estimate of drug-likeness (QED) is 0.856. The predicted molar refractivity (Wildman–Crippen MR) is 60.6 cm³/mol. The first kappa shape index (κ1) is 11.9. The van der Waals surface area contributed by atoms with Gasteiger partial charge in [0, 0.05) is 5.33 Å². The standard InChI is InChI=1S/C11H10BrFO2/c12-5-1-2-8-6-10(13)4-3-9(8)7-11(14)15/h1-4,6H,5,7H2,(H,14,15). The molecule has 1 aromatic rings. The monoisotopic (exact) mass is 272 g/mol. The first-order chi connectivity index (χ1) is 7.13. The molecule has 0 aliphatic heterocycles. The highest BCUT2D eigenvalue weighted by molar-refractivity contribution is 9.09. The molecule has 0 amide bonds. The Hall–Kier alpha value is -1.16. The van der Waals surface area contributed by atoms with Crippen molar-refractivity contribution in [2.24, 2.45) is 0 Å². The Morgan fingerprint density at radius 2 is 2.27 bits per heavy atom. The zero-order valence-electron chi connectivity index (χ0n) is 7.91. The van der Waals surface area contributed by atoms with Gasteiger partial charge in [0.2, 0.25) is 0 Å². The fourth-order valence-electron chi connectivity index (χ4n) is 1.22. The van der Waals surface area contributed by atoms with Crippen molar-refractivity contribution in [3.8, 4) is 0 Å². The van der Waals surface area contributed by atoms with Gasteiger partial charge in [-0.3, -0.25) is 4.79 Å². The molecule has 0 spiro atoms. The van der Waals surface area contributed by atoms with Crippen LogP contribution in [0.5, 0.6) is 0 Å². The Labute approximate surface area is 95.6 Å². The summed E-state index contributed by atoms with van der Waals surface area (Å²) in [5.41, 5.74) is 1.22. The molecule has 0 aliphatic rings. The highest BCUT2D eigenvalue weighted by atomic mass is 79.9. The molecule has 15 heavy (non-hydrogen) atoms. The average molecular weight is 273 g/mol. The van der Waals surface area contributed by atoms with E-state index in [-0.39, 0.29) is 12.2 Å². The van der Waals surface area contributed by atoms with Crippen LogP contribution in [0.1, 0.15) is 11.1 Å². The number of carboxylic acids is 1. The van der Waals surface area contributed by atoms with Crippen LogP contribution < -0.4 is 0 Å². The van der Waals surface area contributed by atoms with Gasteiger partial charge in [-0.2, -0.15) is 0 Å². The molecule has 80 valence electrons. The van der Waals surface area contributed by atoms with E-state index in [0.29, 0.717) is 16.5 Å². The number of rotatable bonds is 4. The molecule has 1 N–H and O–H groups in total. The fourth-order valence-corrected chi connectivity index (χ4v) is 1.40. The van der Waals surface area contributed by atoms with Gasteiger partial charge in [-0.15, -0.1) is 0 Å². The summed E-state index contributed by atoms with van der Waals surface area (Å²) in [7, 11) is 0. The van der Waals surface area contributed by atoms with Crippen molar-refractivity contribution in [2.75, 3.05) is 5.33 Å². The Kier molecular flexibility index (Phi) is 4.49. The van der Waals surface area contributed by atoms with Crippen molar-refractivity contribution in [1.82, 2.24) is 0 Å². The van der Waals surface area contributed by atoms with E-state index < -0.39 is 5.97 Å². The molecule has 1 aromatic carbocycles. The summed E-state index contributed by atoms with van der Waals surface area (Å²) < 4.78 is 12.9. The molecule has 0 saturated heterocycles. The maximum atomic E-state index is 12.9. The maximum Gasteiger partial charge on any atom is 0.307 e. The van der Waals surface area contributed by atoms with Gasteiger partial charge in [0.05, 0.1) is 6.42 Å². The lowest BCUT2D eigenvalue weighted by Crippen LogP contribution is -2.02. The van der Waals surface area contributed by atoms with Crippen molar-refractivity contribution >= 4 is 28.0 Å². The SMILES string of the molecule is O=C(O)Cc1ccc(F)cc1C=CCBr. The summed E-state index contributed by atoms with van der Waals surface area (Å²) in [4.78, 5) is 10.6. The molecule has 0 atom stereocenters. The van der Waals surface area contributed by atoms with E-state index in [9.17, 15) is 9.18 Å². The Morgan fingerprint density at radius 3 is 2.87 bits per heavy atom. The third-order valence-corrected chi connectivity index (χ3v) is 2.21. The van der Waals surface area contributed by atoms with E-state index in [4.69, 9.17) is 5.11 Å². The summed E-state index contributed by atoms with van der Waals surface area (Å²) in [6.07, 6.45) is 3.40. The van der Waals surface area contributed by atoms with Gasteiger partial charge in [0.15, 0.2) is 0 Å². The second kappa shape index (κ2) is 5.66. The van der Waals surface area contributed by atoms with Crippen LogP contribution in [0.3, 0.4) is 0 Å². The molecule has 2 nitrogen and oxygen atoms in total. The predicted octanol–water partition coefficient (Wildman–Crippen LogP) is 2.86. The smallest absolute Gasteiger partial charge is 0.307 e. The van der Waals surface area contributed by atoms with Gasteiger partial charge in [-0.05, 0) is 23.3 Å². The maximum absolute atomic E-state index is 12.9. The van der Waals surface area contributed by atoms with Crippen LogP contribution in [0.15, 0.2) is 24.3 Å². The normalized spacial score (nSPS) is 10.8. The summed E-state index contributed by atoms with van der Waals surface area (Å²) in [5, 5.41) is 9.31. The summed E-state index contributed by atoms with van der Waals surface area (Å²) in [6.45, 7) is 0. The first-order valence-electron chi connectivity index (χ1n) is 4.36. The van der Waals surface area contributed by atoms with E-state index in [0.717, 1.165) is 0 Å². The number of hydrogen-bond acceptors (Lipinski definition) is 1. The number of halogens is 2. The molecule has 0 aromatic heterocycles. The van der Waals surface area contributed by atoms with Crippen LogP contribution in [-0.4, -0.2) is 16.4 Å². The molecular weight excluding hydrogens is 263 g/mol. The van der Waals surface area contributed by atoms with Gasteiger partial charge >= 0.3 is 5.97 Å². The molecule has 4 heteroatoms. The lowest BCUT2D eigenvalue weighted by molar-refractivity contribution is -0.136. The minimum absolute atomic E-state index is 0.0950. The second-order valence-corrected chi connectivity index (χ2v) is 3.62. The Morgan fingerprint density at radius 1 is 1.53 bits per heavy atom. The molecule has 1 rings (SSSR count). The lowest BCUT2D eigenvalue weighted by Gasteiger charge is -2.03. The Bertz CT molecular complexity index is 388. The minimum atomic E-state index is -0.921. The van der Waals surface area contributed by atoms with E-state index >= 15 is 0 Å². The van der Waals surface area contributed by atoms with Gasteiger partial charge in [0.1, 0.15) is 5.82 Å². The highest BCUT2D eigenvalue weighted by Crippen LogP contribution is 2.14. The molecule has 0 saturated carbocycles. The van der Waals surface area contributed by atoms with Crippen LogP contribution >= 0.6 is 15.9 Å². The zero-order valence-corrected chi connectivity index (χ0v) is 9.50. The summed E-state index contributed by atoms with van der Waals surface area (Å²) >= 11 is 3.20. The number of carbonyl (C=O) groups is 1. The van der Waals surface area contributed by atoms with Gasteiger partial charge in [-0.1, -0.05) is 34.1 Å². The number of hydrogen-bond donors (Lipinski definition) is 1. The average Bonchev–Trinajstić information content (AvgIpc) is 2.18. The molecule has 0 unspecified atom stereocenters. The third-order valence-electron chi connectivity index (χ3n) is 1.84. The van der Waals surface area contributed by atoms with Gasteiger partial charge in [0.25, 0.3) is 0 Å². The minimum Gasteiger partial charge on any atom is -0.481 e. The van der Waals surface area contributed by atoms with Crippen LogP contribution in [0.25, 0.3) is 6.08 Å². The van der Waals surface area contributed by atoms with Crippen molar-refractivity contribution in [3.05, 3.63) is 41.2 Å². The summed E-state index contributed by atoms with van der Waals surface area (Å²) in [6, 6.07) is 4.10. The first-order valence-corrected chi connectivity index (χ1v) is 5.48. The second-order valence-electron chi connectivity index (χ2n) is 2.97. The molecule has 0 heterocycles. The van der Waals surface area contributed by atoms with E-state index in [2.05, 4.69) is 15.9 Å². The van der Waals surface area contributed by atoms with Crippen LogP contribution in [0, 0.1) is 5.82 Å². The Balaban J connectivity index is 3.02. The van der Waals surface area contributed by atoms with Gasteiger partial charge in [-0.25, -0.2) is 4.39 Å². The van der Waals surface area contributed by atoms with Crippen molar-refractivity contribution < 1.29 is 14.3 Å². The van der Waals surface area contributed by atoms with Crippen LogP contribution in [0.2, 0.25) is 0 Å². The number of allylic oxidation sites excluding steroid dienone is 1. The number of aliphatic carboxylic acids is 1. The van der Waals surface area contributed by atoms with Crippen molar-refractivity contribution in [2.45, 2.75) is 6.42 Å². The number of alkyl halides is 1. The molecule has 0 fully saturated rings.